The van der Waals surface area contributed by atoms with Crippen LogP contribution in [-0.4, -0.2) is 19.0 Å². The van der Waals surface area contributed by atoms with Crippen LogP contribution in [0, 0.1) is 0 Å². The van der Waals surface area contributed by atoms with Crippen molar-refractivity contribution in [1.29, 1.82) is 0 Å². The van der Waals surface area contributed by atoms with Crippen LogP contribution >= 0.6 is 22.9 Å². The van der Waals surface area contributed by atoms with E-state index < -0.39 is 0 Å². The summed E-state index contributed by atoms with van der Waals surface area (Å²) in [7, 11) is 4.12. The molecule has 0 aliphatic rings. The Morgan fingerprint density at radius 2 is 1.74 bits per heavy atom. The number of rotatable bonds is 6. The second-order valence-electron chi connectivity index (χ2n) is 4.70. The molecule has 1 aromatic carbocycles. The Bertz CT molecular complexity index is 507. The SMILES string of the molecule is CNCc1ccc(CN(C)Cc2ccc(Cl)cc2)s1. The first-order chi connectivity index (χ1) is 9.17. The summed E-state index contributed by atoms with van der Waals surface area (Å²) in [6, 6.07) is 12.5. The Hall–Kier alpha value is -0.870. The number of halogens is 1. The van der Waals surface area contributed by atoms with E-state index in [1.165, 1.54) is 15.3 Å². The van der Waals surface area contributed by atoms with Crippen molar-refractivity contribution in [1.82, 2.24) is 10.2 Å². The second-order valence-corrected chi connectivity index (χ2v) is 6.39. The Balaban J connectivity index is 1.89. The molecule has 2 rings (SSSR count). The predicted molar refractivity (Wildman–Crippen MR) is 83.7 cm³/mol. The lowest BCUT2D eigenvalue weighted by Crippen LogP contribution is -2.16. The highest BCUT2D eigenvalue weighted by Gasteiger charge is 2.04. The molecule has 0 aliphatic heterocycles. The van der Waals surface area contributed by atoms with Crippen LogP contribution < -0.4 is 5.32 Å². The zero-order chi connectivity index (χ0) is 13.7. The first kappa shape index (κ1) is 14.5. The van der Waals surface area contributed by atoms with Crippen LogP contribution in [-0.2, 0) is 19.6 Å². The molecule has 0 unspecified atom stereocenters. The lowest BCUT2D eigenvalue weighted by Gasteiger charge is -2.15. The van der Waals surface area contributed by atoms with Gasteiger partial charge in [0.05, 0.1) is 0 Å². The molecule has 0 fully saturated rings. The average molecular weight is 295 g/mol. The van der Waals surface area contributed by atoms with Gasteiger partial charge < -0.3 is 5.32 Å². The van der Waals surface area contributed by atoms with Crippen molar-refractivity contribution < 1.29 is 0 Å². The van der Waals surface area contributed by atoms with E-state index in [1.807, 2.05) is 30.5 Å². The first-order valence-corrected chi connectivity index (χ1v) is 7.52. The fourth-order valence-corrected chi connectivity index (χ4v) is 3.24. The molecule has 102 valence electrons. The van der Waals surface area contributed by atoms with Crippen LogP contribution in [0.5, 0.6) is 0 Å². The van der Waals surface area contributed by atoms with Crippen LogP contribution in [0.2, 0.25) is 5.02 Å². The molecule has 19 heavy (non-hydrogen) atoms. The molecule has 0 saturated carbocycles. The summed E-state index contributed by atoms with van der Waals surface area (Å²) in [5, 5.41) is 3.97. The van der Waals surface area contributed by atoms with E-state index in [2.05, 4.69) is 41.5 Å². The fourth-order valence-electron chi connectivity index (χ4n) is 2.00. The number of benzene rings is 1. The van der Waals surface area contributed by atoms with Crippen LogP contribution in [0.25, 0.3) is 0 Å². The van der Waals surface area contributed by atoms with Crippen molar-refractivity contribution in [2.45, 2.75) is 19.6 Å². The molecule has 0 bridgehead atoms. The third-order valence-electron chi connectivity index (χ3n) is 2.86. The Morgan fingerprint density at radius 3 is 2.42 bits per heavy atom. The molecule has 0 radical (unpaired) electrons. The maximum absolute atomic E-state index is 5.89. The highest BCUT2D eigenvalue weighted by molar-refractivity contribution is 7.11. The van der Waals surface area contributed by atoms with Gasteiger partial charge in [-0.15, -0.1) is 11.3 Å². The number of nitrogens with one attached hydrogen (secondary N) is 1. The van der Waals surface area contributed by atoms with Gasteiger partial charge in [-0.05, 0) is 43.9 Å². The van der Waals surface area contributed by atoms with Crippen LogP contribution in [0.15, 0.2) is 36.4 Å². The minimum Gasteiger partial charge on any atom is -0.315 e. The van der Waals surface area contributed by atoms with E-state index in [1.54, 1.807) is 0 Å². The molecule has 1 N–H and O–H groups in total. The molecule has 4 heteroatoms. The lowest BCUT2D eigenvalue weighted by atomic mass is 10.2. The van der Waals surface area contributed by atoms with Crippen LogP contribution in [0.3, 0.4) is 0 Å². The van der Waals surface area contributed by atoms with Crippen molar-refractivity contribution in [3.8, 4) is 0 Å². The van der Waals surface area contributed by atoms with Crippen molar-refractivity contribution in [2.75, 3.05) is 14.1 Å². The van der Waals surface area contributed by atoms with E-state index >= 15 is 0 Å². The van der Waals surface area contributed by atoms with Gasteiger partial charge in [0.25, 0.3) is 0 Å². The Kier molecular flexibility index (Phi) is 5.40. The van der Waals surface area contributed by atoms with E-state index in [9.17, 15) is 0 Å². The summed E-state index contributed by atoms with van der Waals surface area (Å²) in [6.07, 6.45) is 0. The van der Waals surface area contributed by atoms with E-state index in [0.717, 1.165) is 24.7 Å². The van der Waals surface area contributed by atoms with Gasteiger partial charge in [-0.3, -0.25) is 4.90 Å². The van der Waals surface area contributed by atoms with Crippen molar-refractivity contribution in [3.63, 3.8) is 0 Å². The van der Waals surface area contributed by atoms with Crippen molar-refractivity contribution in [2.24, 2.45) is 0 Å². The third-order valence-corrected chi connectivity index (χ3v) is 4.18. The lowest BCUT2D eigenvalue weighted by molar-refractivity contribution is 0.322. The molecular formula is C15H19ClN2S. The maximum Gasteiger partial charge on any atom is 0.0406 e. The summed E-state index contributed by atoms with van der Waals surface area (Å²) < 4.78 is 0. The summed E-state index contributed by atoms with van der Waals surface area (Å²) in [5.41, 5.74) is 1.29. The minimum absolute atomic E-state index is 0.793. The molecule has 0 amide bonds. The Labute approximate surface area is 124 Å². The van der Waals surface area contributed by atoms with Crippen molar-refractivity contribution >= 4 is 22.9 Å². The van der Waals surface area contributed by atoms with Crippen LogP contribution in [0.1, 0.15) is 15.3 Å². The topological polar surface area (TPSA) is 15.3 Å². The molecule has 0 atom stereocenters. The third kappa shape index (κ3) is 4.62. The second kappa shape index (κ2) is 7.06. The van der Waals surface area contributed by atoms with Gasteiger partial charge in [0, 0.05) is 34.4 Å². The van der Waals surface area contributed by atoms with Gasteiger partial charge in [0.1, 0.15) is 0 Å². The van der Waals surface area contributed by atoms with Gasteiger partial charge in [-0.1, -0.05) is 23.7 Å². The summed E-state index contributed by atoms with van der Waals surface area (Å²) in [4.78, 5) is 5.11. The molecule has 1 heterocycles. The zero-order valence-corrected chi connectivity index (χ0v) is 12.9. The van der Waals surface area contributed by atoms with Crippen LogP contribution in [0.4, 0.5) is 0 Å². The van der Waals surface area contributed by atoms with E-state index in [4.69, 9.17) is 11.6 Å². The number of hydrogen-bond donors (Lipinski definition) is 1. The predicted octanol–water partition coefficient (Wildman–Crippen LogP) is 3.75. The molecule has 2 aromatic rings. The van der Waals surface area contributed by atoms with Gasteiger partial charge in [-0.2, -0.15) is 0 Å². The van der Waals surface area contributed by atoms with Gasteiger partial charge in [0.2, 0.25) is 0 Å². The monoisotopic (exact) mass is 294 g/mol. The summed E-state index contributed by atoms with van der Waals surface area (Å²) >= 11 is 7.77. The summed E-state index contributed by atoms with van der Waals surface area (Å²) in [5.74, 6) is 0. The molecule has 0 saturated heterocycles. The largest absolute Gasteiger partial charge is 0.315 e. The fraction of sp³-hybridized carbons (Fsp3) is 0.333. The molecule has 2 nitrogen and oxygen atoms in total. The maximum atomic E-state index is 5.89. The molecule has 0 spiro atoms. The number of nitrogens with zero attached hydrogens (tertiary/aromatic N) is 1. The van der Waals surface area contributed by atoms with Gasteiger partial charge in [-0.25, -0.2) is 0 Å². The standard InChI is InChI=1S/C15H19ClN2S/c1-17-9-14-7-8-15(19-14)11-18(2)10-12-3-5-13(16)6-4-12/h3-8,17H,9-11H2,1-2H3. The van der Waals surface area contributed by atoms with E-state index in [0.29, 0.717) is 0 Å². The van der Waals surface area contributed by atoms with Crippen molar-refractivity contribution in [3.05, 3.63) is 56.7 Å². The van der Waals surface area contributed by atoms with Gasteiger partial charge >= 0.3 is 0 Å². The minimum atomic E-state index is 0.793. The van der Waals surface area contributed by atoms with Gasteiger partial charge in [0.15, 0.2) is 0 Å². The number of thiophene rings is 1. The molecule has 0 aliphatic carbocycles. The highest BCUT2D eigenvalue weighted by Crippen LogP contribution is 2.19. The van der Waals surface area contributed by atoms with E-state index in [-0.39, 0.29) is 0 Å². The zero-order valence-electron chi connectivity index (χ0n) is 11.3. The Morgan fingerprint density at radius 1 is 1.05 bits per heavy atom. The molecular weight excluding hydrogens is 276 g/mol. The first-order valence-electron chi connectivity index (χ1n) is 6.32. The average Bonchev–Trinajstić information content (AvgIpc) is 2.80. The number of hydrogen-bond acceptors (Lipinski definition) is 3. The summed E-state index contributed by atoms with van der Waals surface area (Å²) in [6.45, 7) is 2.87. The smallest absolute Gasteiger partial charge is 0.0406 e. The quantitative estimate of drug-likeness (QED) is 0.873. The highest BCUT2D eigenvalue weighted by atomic mass is 35.5. The molecule has 1 aromatic heterocycles. The normalized spacial score (nSPS) is 11.2.